The van der Waals surface area contributed by atoms with E-state index in [4.69, 9.17) is 0 Å². The Kier molecular flexibility index (Phi) is 6.08. The van der Waals surface area contributed by atoms with Gasteiger partial charge in [0.15, 0.2) is 5.16 Å². The van der Waals surface area contributed by atoms with Crippen LogP contribution in [0.3, 0.4) is 0 Å². The number of aryl methyl sites for hydroxylation is 3. The molecule has 1 heterocycles. The second-order valence-electron chi connectivity index (χ2n) is 6.24. The third-order valence-electron chi connectivity index (χ3n) is 3.92. The predicted octanol–water partition coefficient (Wildman–Crippen LogP) is 4.52. The highest BCUT2D eigenvalue weighted by Gasteiger charge is 2.07. The summed E-state index contributed by atoms with van der Waals surface area (Å²) in [6.45, 7) is 3.90. The van der Waals surface area contributed by atoms with Gasteiger partial charge in [0, 0.05) is 28.4 Å². The smallest absolute Gasteiger partial charge is 0.224 e. The first-order valence-corrected chi connectivity index (χ1v) is 9.48. The van der Waals surface area contributed by atoms with E-state index in [1.165, 1.54) is 11.8 Å². The minimum atomic E-state index is -0.0868. The van der Waals surface area contributed by atoms with Crippen LogP contribution in [0, 0.1) is 13.8 Å². The van der Waals surface area contributed by atoms with Crippen molar-refractivity contribution in [3.05, 3.63) is 71.5 Å². The number of phenolic OH excluding ortho intramolecular Hbond substituents is 1. The third-order valence-corrected chi connectivity index (χ3v) is 4.80. The second kappa shape index (κ2) is 8.68. The minimum Gasteiger partial charge on any atom is -0.508 e. The number of carbonyl (C=O) groups excluding carboxylic acids is 1. The van der Waals surface area contributed by atoms with Crippen molar-refractivity contribution in [2.75, 3.05) is 5.32 Å². The van der Waals surface area contributed by atoms with Crippen LogP contribution in [-0.2, 0) is 11.2 Å². The Labute approximate surface area is 162 Å². The molecule has 138 valence electrons. The molecule has 0 aliphatic carbocycles. The zero-order valence-corrected chi connectivity index (χ0v) is 16.1. The van der Waals surface area contributed by atoms with Gasteiger partial charge in [0.2, 0.25) is 5.91 Å². The number of hydrogen-bond acceptors (Lipinski definition) is 5. The largest absolute Gasteiger partial charge is 0.508 e. The molecule has 0 unspecified atom stereocenters. The fourth-order valence-electron chi connectivity index (χ4n) is 2.64. The molecule has 2 aromatic carbocycles. The van der Waals surface area contributed by atoms with Crippen LogP contribution >= 0.6 is 11.8 Å². The van der Waals surface area contributed by atoms with E-state index < -0.39 is 0 Å². The molecule has 0 atom stereocenters. The quantitative estimate of drug-likeness (QED) is 0.616. The van der Waals surface area contributed by atoms with Crippen LogP contribution in [0.15, 0.2) is 64.6 Å². The molecule has 2 N–H and O–H groups in total. The fraction of sp³-hybridized carbons (Fsp3) is 0.190. The number of phenols is 1. The van der Waals surface area contributed by atoms with E-state index in [-0.39, 0.29) is 11.7 Å². The van der Waals surface area contributed by atoms with E-state index in [0.29, 0.717) is 18.0 Å². The summed E-state index contributed by atoms with van der Waals surface area (Å²) in [4.78, 5) is 22.0. The van der Waals surface area contributed by atoms with Gasteiger partial charge in [0.05, 0.1) is 0 Å². The summed E-state index contributed by atoms with van der Waals surface area (Å²) in [5, 5.41) is 13.3. The number of aromatic hydroxyl groups is 1. The minimum absolute atomic E-state index is 0.0868. The third kappa shape index (κ3) is 5.56. The lowest BCUT2D eigenvalue weighted by atomic mass is 10.1. The molecule has 1 amide bonds. The molecule has 0 radical (unpaired) electrons. The summed E-state index contributed by atoms with van der Waals surface area (Å²) in [7, 11) is 0. The number of nitrogens with one attached hydrogen (secondary N) is 1. The van der Waals surface area contributed by atoms with Gasteiger partial charge in [0.1, 0.15) is 5.75 Å². The summed E-state index contributed by atoms with van der Waals surface area (Å²) < 4.78 is 0. The average Bonchev–Trinajstić information content (AvgIpc) is 2.62. The highest BCUT2D eigenvalue weighted by atomic mass is 32.2. The van der Waals surface area contributed by atoms with Crippen molar-refractivity contribution in [3.63, 3.8) is 0 Å². The molecular formula is C21H21N3O2S. The molecule has 0 fully saturated rings. The Morgan fingerprint density at radius 1 is 1.04 bits per heavy atom. The van der Waals surface area contributed by atoms with Crippen LogP contribution in [0.5, 0.6) is 5.75 Å². The zero-order chi connectivity index (χ0) is 19.2. The second-order valence-corrected chi connectivity index (χ2v) is 7.28. The Bertz CT molecular complexity index is 922. The van der Waals surface area contributed by atoms with E-state index in [9.17, 15) is 9.90 Å². The summed E-state index contributed by atoms with van der Waals surface area (Å²) in [6.07, 6.45) is 0.807. The molecule has 1 aromatic heterocycles. The molecule has 3 rings (SSSR count). The van der Waals surface area contributed by atoms with Gasteiger partial charge in [-0.25, -0.2) is 9.97 Å². The summed E-state index contributed by atoms with van der Waals surface area (Å²) >= 11 is 1.49. The molecule has 0 bridgehead atoms. The Balaban J connectivity index is 1.55. The van der Waals surface area contributed by atoms with E-state index in [1.807, 2.05) is 56.3 Å². The normalized spacial score (nSPS) is 10.6. The van der Waals surface area contributed by atoms with E-state index in [0.717, 1.165) is 27.5 Å². The molecule has 5 nitrogen and oxygen atoms in total. The van der Waals surface area contributed by atoms with E-state index in [2.05, 4.69) is 15.3 Å². The molecule has 0 spiro atoms. The Morgan fingerprint density at radius 2 is 1.70 bits per heavy atom. The maximum Gasteiger partial charge on any atom is 0.224 e. The first-order valence-electron chi connectivity index (χ1n) is 8.66. The molecule has 3 aromatic rings. The number of amides is 1. The Hall–Kier alpha value is -2.86. The van der Waals surface area contributed by atoms with Gasteiger partial charge in [-0.15, -0.1) is 0 Å². The van der Waals surface area contributed by atoms with E-state index >= 15 is 0 Å². The van der Waals surface area contributed by atoms with Crippen LogP contribution in [-0.4, -0.2) is 21.0 Å². The summed E-state index contributed by atoms with van der Waals surface area (Å²) in [6, 6.07) is 16.6. The first-order chi connectivity index (χ1) is 13.0. The summed E-state index contributed by atoms with van der Waals surface area (Å²) in [5.41, 5.74) is 3.40. The first kappa shape index (κ1) is 18.9. The van der Waals surface area contributed by atoms with Crippen LogP contribution in [0.2, 0.25) is 0 Å². The molecular weight excluding hydrogens is 358 g/mol. The molecule has 0 saturated heterocycles. The lowest BCUT2D eigenvalue weighted by Gasteiger charge is -2.08. The summed E-state index contributed by atoms with van der Waals surface area (Å²) in [5.74, 6) is 0.136. The van der Waals surface area contributed by atoms with Crippen molar-refractivity contribution in [1.29, 1.82) is 0 Å². The van der Waals surface area contributed by atoms with Crippen molar-refractivity contribution in [2.45, 2.75) is 36.7 Å². The highest BCUT2D eigenvalue weighted by molar-refractivity contribution is 7.99. The van der Waals surface area contributed by atoms with Crippen LogP contribution < -0.4 is 5.32 Å². The Morgan fingerprint density at radius 3 is 2.37 bits per heavy atom. The van der Waals surface area contributed by atoms with Crippen LogP contribution in [0.4, 0.5) is 5.69 Å². The van der Waals surface area contributed by atoms with Crippen LogP contribution in [0.1, 0.15) is 23.4 Å². The number of benzene rings is 2. The fourth-order valence-corrected chi connectivity index (χ4v) is 3.51. The number of nitrogens with zero attached hydrogens (tertiary/aromatic N) is 2. The lowest BCUT2D eigenvalue weighted by Crippen LogP contribution is -2.12. The van der Waals surface area contributed by atoms with Crippen molar-refractivity contribution in [1.82, 2.24) is 9.97 Å². The topological polar surface area (TPSA) is 75.1 Å². The molecule has 6 heteroatoms. The van der Waals surface area contributed by atoms with Gasteiger partial charge in [0.25, 0.3) is 0 Å². The van der Waals surface area contributed by atoms with Gasteiger partial charge < -0.3 is 10.4 Å². The molecule has 0 aliphatic heterocycles. The van der Waals surface area contributed by atoms with Gasteiger partial charge in [-0.1, -0.05) is 18.2 Å². The van der Waals surface area contributed by atoms with Gasteiger partial charge in [-0.2, -0.15) is 0 Å². The maximum absolute atomic E-state index is 12.1. The standard InChI is InChI=1S/C21H21N3O2S/c1-14-13-15(2)23-21(22-14)27-18-10-8-17(9-11-18)24-20(26)12-7-16-5-3-4-6-19(16)25/h3-6,8-11,13,25H,7,12H2,1-2H3,(H,24,26). The van der Waals surface area contributed by atoms with Crippen LogP contribution in [0.25, 0.3) is 0 Å². The molecule has 27 heavy (non-hydrogen) atoms. The monoisotopic (exact) mass is 379 g/mol. The predicted molar refractivity (Wildman–Crippen MR) is 107 cm³/mol. The number of carbonyl (C=O) groups is 1. The zero-order valence-electron chi connectivity index (χ0n) is 15.3. The van der Waals surface area contributed by atoms with Crippen molar-refractivity contribution in [3.8, 4) is 5.75 Å². The van der Waals surface area contributed by atoms with Gasteiger partial charge >= 0.3 is 0 Å². The lowest BCUT2D eigenvalue weighted by molar-refractivity contribution is -0.116. The molecule has 0 saturated carbocycles. The highest BCUT2D eigenvalue weighted by Crippen LogP contribution is 2.26. The molecule has 0 aliphatic rings. The van der Waals surface area contributed by atoms with Gasteiger partial charge in [-0.05, 0) is 74.0 Å². The van der Waals surface area contributed by atoms with Crippen molar-refractivity contribution < 1.29 is 9.90 Å². The number of hydrogen-bond donors (Lipinski definition) is 2. The van der Waals surface area contributed by atoms with E-state index in [1.54, 1.807) is 12.1 Å². The number of anilines is 1. The van der Waals surface area contributed by atoms with Crippen molar-refractivity contribution in [2.24, 2.45) is 0 Å². The number of rotatable bonds is 6. The number of aromatic nitrogens is 2. The van der Waals surface area contributed by atoms with Gasteiger partial charge in [-0.3, -0.25) is 4.79 Å². The maximum atomic E-state index is 12.1. The van der Waals surface area contributed by atoms with Crippen molar-refractivity contribution >= 4 is 23.4 Å². The SMILES string of the molecule is Cc1cc(C)nc(Sc2ccc(NC(=O)CCc3ccccc3O)cc2)n1. The number of para-hydroxylation sites is 1. The average molecular weight is 379 g/mol.